The van der Waals surface area contributed by atoms with Crippen molar-refractivity contribution >= 4 is 0 Å². The Bertz CT molecular complexity index is 510. The minimum Gasteiger partial charge on any atom is -0.508 e. The number of rotatable bonds is 6. The third-order valence-electron chi connectivity index (χ3n) is 3.34. The van der Waals surface area contributed by atoms with Gasteiger partial charge in [0.25, 0.3) is 0 Å². The molecule has 3 heteroatoms. The van der Waals surface area contributed by atoms with E-state index in [0.29, 0.717) is 0 Å². The number of aliphatic hydroxyl groups is 1. The van der Waals surface area contributed by atoms with Gasteiger partial charge >= 0.3 is 0 Å². The summed E-state index contributed by atoms with van der Waals surface area (Å²) in [6.07, 6.45) is 0. The van der Waals surface area contributed by atoms with Crippen molar-refractivity contribution in [2.45, 2.75) is 13.0 Å². The molecule has 0 aromatic heterocycles. The minimum atomic E-state index is 0.0609. The van der Waals surface area contributed by atoms with Crippen LogP contribution in [0.4, 0.5) is 0 Å². The summed E-state index contributed by atoms with van der Waals surface area (Å²) < 4.78 is 0. The highest BCUT2D eigenvalue weighted by molar-refractivity contribution is 5.34. The maximum atomic E-state index is 9.41. The highest BCUT2D eigenvalue weighted by atomic mass is 16.3. The van der Waals surface area contributed by atoms with Crippen LogP contribution in [0.25, 0.3) is 0 Å². The molecule has 0 saturated carbocycles. The lowest BCUT2D eigenvalue weighted by Crippen LogP contribution is -2.28. The first-order chi connectivity index (χ1) is 9.70. The summed E-state index contributed by atoms with van der Waals surface area (Å²) >= 11 is 0. The molecule has 0 saturated heterocycles. The Labute approximate surface area is 119 Å². The molecule has 2 atom stereocenters. The van der Waals surface area contributed by atoms with E-state index in [9.17, 15) is 5.11 Å². The number of benzene rings is 2. The van der Waals surface area contributed by atoms with Crippen molar-refractivity contribution in [1.82, 2.24) is 5.32 Å². The van der Waals surface area contributed by atoms with Crippen molar-refractivity contribution in [3.8, 4) is 5.75 Å². The van der Waals surface area contributed by atoms with E-state index < -0.39 is 0 Å². The molecule has 2 aromatic carbocycles. The molecule has 3 N–H and O–H groups in total. The predicted molar refractivity (Wildman–Crippen MR) is 80.6 cm³/mol. The predicted octanol–water partition coefficient (Wildman–Crippen LogP) is 2.70. The average Bonchev–Trinajstić information content (AvgIpc) is 2.50. The summed E-state index contributed by atoms with van der Waals surface area (Å²) in [5.74, 6) is 0.475. The van der Waals surface area contributed by atoms with Crippen LogP contribution in [0.2, 0.25) is 0 Å². The summed E-state index contributed by atoms with van der Waals surface area (Å²) in [5.41, 5.74) is 2.27. The topological polar surface area (TPSA) is 52.5 Å². The van der Waals surface area contributed by atoms with Gasteiger partial charge in [0, 0.05) is 13.2 Å². The van der Waals surface area contributed by atoms with Crippen LogP contribution in [0.1, 0.15) is 24.1 Å². The van der Waals surface area contributed by atoms with Gasteiger partial charge in [-0.1, -0.05) is 49.4 Å². The fraction of sp³-hybridized carbons (Fsp3) is 0.294. The average molecular weight is 271 g/mol. The van der Waals surface area contributed by atoms with Gasteiger partial charge in [-0.3, -0.25) is 0 Å². The van der Waals surface area contributed by atoms with Crippen LogP contribution in [0.15, 0.2) is 54.6 Å². The van der Waals surface area contributed by atoms with Crippen LogP contribution in [0.5, 0.6) is 5.75 Å². The van der Waals surface area contributed by atoms with Gasteiger partial charge in [0.2, 0.25) is 0 Å². The van der Waals surface area contributed by atoms with Gasteiger partial charge in [0.05, 0.1) is 6.04 Å². The molecule has 0 fully saturated rings. The highest BCUT2D eigenvalue weighted by Crippen LogP contribution is 2.23. The number of aromatic hydroxyl groups is 1. The molecule has 0 aliphatic carbocycles. The SMILES string of the molecule is CC(CO)CNC(c1ccccc1)c1ccc(O)cc1. The summed E-state index contributed by atoms with van der Waals surface area (Å²) in [7, 11) is 0. The lowest BCUT2D eigenvalue weighted by Gasteiger charge is -2.21. The number of nitrogens with one attached hydrogen (secondary N) is 1. The van der Waals surface area contributed by atoms with Gasteiger partial charge < -0.3 is 15.5 Å². The van der Waals surface area contributed by atoms with Crippen molar-refractivity contribution in [2.75, 3.05) is 13.2 Å². The maximum absolute atomic E-state index is 9.41. The van der Waals surface area contributed by atoms with Crippen LogP contribution in [-0.4, -0.2) is 23.4 Å². The van der Waals surface area contributed by atoms with E-state index in [2.05, 4.69) is 17.4 Å². The van der Waals surface area contributed by atoms with Gasteiger partial charge in [-0.2, -0.15) is 0 Å². The molecule has 0 spiro atoms. The van der Waals surface area contributed by atoms with Crippen molar-refractivity contribution in [3.63, 3.8) is 0 Å². The zero-order chi connectivity index (χ0) is 14.4. The Morgan fingerprint density at radius 2 is 1.55 bits per heavy atom. The molecule has 0 heterocycles. The van der Waals surface area contributed by atoms with E-state index in [-0.39, 0.29) is 24.3 Å². The standard InChI is InChI=1S/C17H21NO2/c1-13(12-19)11-18-17(14-5-3-2-4-6-14)15-7-9-16(20)10-8-15/h2-10,13,17-20H,11-12H2,1H3. The van der Waals surface area contributed by atoms with Gasteiger partial charge in [-0.15, -0.1) is 0 Å². The molecule has 2 rings (SSSR count). The van der Waals surface area contributed by atoms with Crippen LogP contribution in [0.3, 0.4) is 0 Å². The smallest absolute Gasteiger partial charge is 0.115 e. The first-order valence-electron chi connectivity index (χ1n) is 6.89. The second-order valence-electron chi connectivity index (χ2n) is 5.13. The van der Waals surface area contributed by atoms with E-state index in [1.807, 2.05) is 37.3 Å². The highest BCUT2D eigenvalue weighted by Gasteiger charge is 2.14. The van der Waals surface area contributed by atoms with E-state index in [0.717, 1.165) is 12.1 Å². The van der Waals surface area contributed by atoms with Gasteiger partial charge in [-0.25, -0.2) is 0 Å². The molecule has 0 bridgehead atoms. The van der Waals surface area contributed by atoms with Crippen LogP contribution < -0.4 is 5.32 Å². The maximum Gasteiger partial charge on any atom is 0.115 e. The van der Waals surface area contributed by atoms with Crippen molar-refractivity contribution in [1.29, 1.82) is 0 Å². The normalized spacial score (nSPS) is 13.9. The molecule has 0 amide bonds. The van der Waals surface area contributed by atoms with Crippen molar-refractivity contribution in [3.05, 3.63) is 65.7 Å². The molecule has 2 aromatic rings. The molecule has 2 unspecified atom stereocenters. The second kappa shape index (κ2) is 7.08. The second-order valence-corrected chi connectivity index (χ2v) is 5.13. The minimum absolute atomic E-state index is 0.0609. The third-order valence-corrected chi connectivity index (χ3v) is 3.34. The fourth-order valence-electron chi connectivity index (χ4n) is 2.12. The Morgan fingerprint density at radius 1 is 0.950 bits per heavy atom. The van der Waals surface area contributed by atoms with Crippen molar-refractivity contribution in [2.24, 2.45) is 5.92 Å². The third kappa shape index (κ3) is 3.83. The Balaban J connectivity index is 2.22. The Hall–Kier alpha value is -1.84. The van der Waals surface area contributed by atoms with Crippen LogP contribution in [-0.2, 0) is 0 Å². The van der Waals surface area contributed by atoms with Gasteiger partial charge in [0.15, 0.2) is 0 Å². The molecule has 3 nitrogen and oxygen atoms in total. The van der Waals surface area contributed by atoms with E-state index in [4.69, 9.17) is 5.11 Å². The molecule has 20 heavy (non-hydrogen) atoms. The van der Waals surface area contributed by atoms with Gasteiger partial charge in [-0.05, 0) is 29.2 Å². The summed E-state index contributed by atoms with van der Waals surface area (Å²) in [6.45, 7) is 2.91. The molecule has 0 aliphatic heterocycles. The molecular weight excluding hydrogens is 250 g/mol. The largest absolute Gasteiger partial charge is 0.508 e. The summed E-state index contributed by atoms with van der Waals surface area (Å²) in [4.78, 5) is 0. The van der Waals surface area contributed by atoms with Gasteiger partial charge in [0.1, 0.15) is 5.75 Å². The lowest BCUT2D eigenvalue weighted by molar-refractivity contribution is 0.232. The molecule has 0 aliphatic rings. The summed E-state index contributed by atoms with van der Waals surface area (Å²) in [6, 6.07) is 17.5. The first-order valence-corrected chi connectivity index (χ1v) is 6.89. The number of phenols is 1. The number of aliphatic hydroxyl groups excluding tert-OH is 1. The van der Waals surface area contributed by atoms with E-state index >= 15 is 0 Å². The zero-order valence-electron chi connectivity index (χ0n) is 11.7. The van der Waals surface area contributed by atoms with Crippen molar-refractivity contribution < 1.29 is 10.2 Å². The molecular formula is C17H21NO2. The molecule has 106 valence electrons. The number of phenolic OH excluding ortho intramolecular Hbond substituents is 1. The van der Waals surface area contributed by atoms with E-state index in [1.54, 1.807) is 12.1 Å². The van der Waals surface area contributed by atoms with Crippen LogP contribution >= 0.6 is 0 Å². The Morgan fingerprint density at radius 3 is 2.15 bits per heavy atom. The summed E-state index contributed by atoms with van der Waals surface area (Å²) in [5, 5.41) is 22.0. The zero-order valence-corrected chi connectivity index (χ0v) is 11.7. The number of hydrogen-bond acceptors (Lipinski definition) is 3. The van der Waals surface area contributed by atoms with Crippen LogP contribution in [0, 0.1) is 5.92 Å². The quantitative estimate of drug-likeness (QED) is 0.757. The number of hydrogen-bond donors (Lipinski definition) is 3. The Kier molecular flexibility index (Phi) is 5.16. The van der Waals surface area contributed by atoms with E-state index in [1.165, 1.54) is 5.56 Å². The molecule has 0 radical (unpaired) electrons. The first kappa shape index (κ1) is 14.6. The lowest BCUT2D eigenvalue weighted by atomic mass is 9.98. The fourth-order valence-corrected chi connectivity index (χ4v) is 2.12. The monoisotopic (exact) mass is 271 g/mol.